The monoisotopic (exact) mass is 1190 g/mol. The average molecular weight is 1190 g/mol. The fraction of sp³-hybridized carbons (Fsp3) is 0.389. The Bertz CT molecular complexity index is 3240. The molecule has 16 nitrogen and oxygen atoms in total. The first-order valence-corrected chi connectivity index (χ1v) is 31.9. The number of rotatable bonds is 32. The summed E-state index contributed by atoms with van der Waals surface area (Å²) >= 11 is 0. The summed E-state index contributed by atoms with van der Waals surface area (Å²) in [6.07, 6.45) is 37.8. The van der Waals surface area contributed by atoms with Crippen molar-refractivity contribution < 1.29 is 56.4 Å². The highest BCUT2D eigenvalue weighted by Crippen LogP contribution is 2.38. The molecule has 0 radical (unpaired) electrons. The zero-order valence-electron chi connectivity index (χ0n) is 51.8. The minimum Gasteiger partial charge on any atom is -0.466 e. The molecule has 7 aromatic rings. The lowest BCUT2D eigenvalue weighted by atomic mass is 10.0. The van der Waals surface area contributed by atoms with Gasteiger partial charge in [-0.1, -0.05) is 0 Å². The molecular weight excluding hydrogens is 1100 g/mol. The topological polar surface area (TPSA) is 178 Å². The molecule has 0 unspecified atom stereocenters. The van der Waals surface area contributed by atoms with Crippen molar-refractivity contribution in [2.45, 2.75) is 157 Å². The van der Waals surface area contributed by atoms with Crippen LogP contribution in [0, 0.1) is 0 Å². The van der Waals surface area contributed by atoms with Crippen molar-refractivity contribution in [3.05, 3.63) is 145 Å². The lowest BCUT2D eigenvalue weighted by molar-refractivity contribution is -0.697. The molecular formula is C72H86N8O8+4. The van der Waals surface area contributed by atoms with Crippen LogP contribution < -0.4 is 18.3 Å². The van der Waals surface area contributed by atoms with Gasteiger partial charge >= 0.3 is 23.9 Å². The van der Waals surface area contributed by atoms with Crippen LogP contribution in [0.4, 0.5) is 0 Å². The van der Waals surface area contributed by atoms with E-state index in [0.29, 0.717) is 52.1 Å². The van der Waals surface area contributed by atoms with E-state index in [0.717, 1.165) is 193 Å². The van der Waals surface area contributed by atoms with Gasteiger partial charge in [-0.25, -0.2) is 28.2 Å². The molecule has 8 bridgehead atoms. The quantitative estimate of drug-likeness (QED) is 0.0178. The number of aryl methyl sites for hydroxylation is 4. The van der Waals surface area contributed by atoms with E-state index >= 15 is 0 Å². The van der Waals surface area contributed by atoms with Crippen LogP contribution in [0.1, 0.15) is 153 Å². The van der Waals surface area contributed by atoms with E-state index in [1.54, 1.807) is 0 Å². The zero-order valence-corrected chi connectivity index (χ0v) is 51.8. The molecule has 2 aliphatic heterocycles. The van der Waals surface area contributed by atoms with Gasteiger partial charge in [0.05, 0.1) is 49.2 Å². The first kappa shape index (κ1) is 63.6. The molecule has 0 aromatic carbocycles. The second-order valence-electron chi connectivity index (χ2n) is 22.3. The van der Waals surface area contributed by atoms with E-state index < -0.39 is 0 Å². The van der Waals surface area contributed by atoms with E-state index in [1.165, 1.54) is 0 Å². The number of ether oxygens (including phenoxy) is 4. The number of hydrogen-bond acceptors (Lipinski definition) is 10. The van der Waals surface area contributed by atoms with Crippen LogP contribution in [0.3, 0.4) is 0 Å². The Kier molecular flexibility index (Phi) is 23.6. The molecule has 0 aliphatic carbocycles. The van der Waals surface area contributed by atoms with Crippen LogP contribution in [-0.4, -0.2) is 70.2 Å². The molecule has 88 heavy (non-hydrogen) atoms. The van der Waals surface area contributed by atoms with E-state index in [9.17, 15) is 19.2 Å². The first-order valence-electron chi connectivity index (χ1n) is 31.9. The van der Waals surface area contributed by atoms with Crippen LogP contribution >= 0.6 is 0 Å². The predicted molar refractivity (Wildman–Crippen MR) is 342 cm³/mol. The zero-order chi connectivity index (χ0) is 61.5. The maximum absolute atomic E-state index is 12.0. The Hall–Kier alpha value is -8.92. The number of aromatic amines is 2. The van der Waals surface area contributed by atoms with Crippen molar-refractivity contribution in [1.29, 1.82) is 0 Å². The van der Waals surface area contributed by atoms with Crippen molar-refractivity contribution in [2.75, 3.05) is 26.4 Å². The fourth-order valence-corrected chi connectivity index (χ4v) is 11.4. The Morgan fingerprint density at radius 2 is 0.534 bits per heavy atom. The van der Waals surface area contributed by atoms with Gasteiger partial charge in [-0.3, -0.25) is 19.2 Å². The summed E-state index contributed by atoms with van der Waals surface area (Å²) in [5, 5.41) is 0. The summed E-state index contributed by atoms with van der Waals surface area (Å²) in [6.45, 7) is 12.2. The third kappa shape index (κ3) is 17.6. The molecule has 2 N–H and O–H groups in total. The molecule has 7 aromatic heterocycles. The molecule has 0 saturated heterocycles. The van der Waals surface area contributed by atoms with Gasteiger partial charge in [0, 0.05) is 144 Å². The van der Waals surface area contributed by atoms with Crippen molar-refractivity contribution in [3.63, 3.8) is 0 Å². The van der Waals surface area contributed by atoms with Gasteiger partial charge in [-0.05, 0) is 150 Å². The first-order chi connectivity index (χ1) is 43.1. The second-order valence-corrected chi connectivity index (χ2v) is 22.3. The standard InChI is InChI=1S/C72H85N8O8/c1-5-85-65(81)21-13-9-17-41-77-45-33-53(34-46-77)69-57-25-27-59(73-57)70(54-35-47-78(48-36-54)42-18-10-14-22-66(82)86-6-2)61-29-31-63(75-61)72(56-39-51-80(52-40-56)44-20-12-16-24-68(84)88-8-4)64-32-30-62(76-64)71(60-28-26-58(69)74-60)55-37-49-79(50-38-55)43-19-11-15-23-67(83)87-7-3/h25-40,45-52H,5-24,41-44H2,1-4H3,(H,73,74,75,76)/q+3/p+1. The van der Waals surface area contributed by atoms with Crippen molar-refractivity contribution in [1.82, 2.24) is 19.9 Å². The third-order valence-electron chi connectivity index (χ3n) is 15.9. The van der Waals surface area contributed by atoms with E-state index in [1.807, 2.05) is 27.7 Å². The highest BCUT2D eigenvalue weighted by atomic mass is 16.5. The van der Waals surface area contributed by atoms with E-state index in [-0.39, 0.29) is 23.9 Å². The Morgan fingerprint density at radius 1 is 0.318 bits per heavy atom. The Balaban J connectivity index is 1.16. The summed E-state index contributed by atoms with van der Waals surface area (Å²) in [7, 11) is 0. The predicted octanol–water partition coefficient (Wildman–Crippen LogP) is 13.0. The van der Waals surface area contributed by atoms with Crippen LogP contribution in [0.2, 0.25) is 0 Å². The number of hydrogen-bond donors (Lipinski definition) is 2. The van der Waals surface area contributed by atoms with Gasteiger partial charge in [0.15, 0.2) is 49.6 Å². The highest BCUT2D eigenvalue weighted by Gasteiger charge is 2.22. The Labute approximate surface area is 517 Å². The van der Waals surface area contributed by atoms with Crippen LogP contribution in [0.25, 0.3) is 90.9 Å². The van der Waals surface area contributed by atoms with Gasteiger partial charge in [0.25, 0.3) is 0 Å². The normalized spacial score (nSPS) is 11.7. The summed E-state index contributed by atoms with van der Waals surface area (Å²) in [5.41, 5.74) is 14.6. The molecule has 2 aliphatic rings. The van der Waals surface area contributed by atoms with Crippen LogP contribution in [-0.2, 0) is 64.3 Å². The maximum Gasteiger partial charge on any atom is 0.305 e. The number of fused-ring (bicyclic) bond motifs is 8. The number of aromatic nitrogens is 8. The number of carbonyl (C=O) groups is 4. The minimum atomic E-state index is -0.142. The summed E-state index contributed by atoms with van der Waals surface area (Å²) in [4.78, 5) is 67.0. The average Bonchev–Trinajstić information content (AvgIpc) is 2.29. The molecule has 0 atom stereocenters. The molecule has 0 saturated carbocycles. The number of unbranched alkanes of at least 4 members (excludes halogenated alkanes) is 8. The van der Waals surface area contributed by atoms with E-state index in [4.69, 9.17) is 28.9 Å². The van der Waals surface area contributed by atoms with Gasteiger partial charge in [-0.2, -0.15) is 0 Å². The number of nitrogens with zero attached hydrogens (tertiary/aromatic N) is 6. The number of esters is 4. The van der Waals surface area contributed by atoms with Crippen molar-refractivity contribution in [2.24, 2.45) is 0 Å². The second kappa shape index (κ2) is 32.7. The molecule has 0 amide bonds. The van der Waals surface area contributed by atoms with Crippen molar-refractivity contribution >= 4 is 70.2 Å². The molecule has 0 fully saturated rings. The molecule has 9 heterocycles. The smallest absolute Gasteiger partial charge is 0.305 e. The summed E-state index contributed by atoms with van der Waals surface area (Å²) in [6, 6.07) is 25.9. The molecule has 16 heteroatoms. The number of H-pyrrole nitrogens is 2. The largest absolute Gasteiger partial charge is 0.466 e. The van der Waals surface area contributed by atoms with Crippen molar-refractivity contribution in [3.8, 4) is 44.5 Å². The van der Waals surface area contributed by atoms with Crippen LogP contribution in [0.15, 0.2) is 122 Å². The van der Waals surface area contributed by atoms with Gasteiger partial charge in [0.1, 0.15) is 26.2 Å². The Morgan fingerprint density at radius 3 is 0.739 bits per heavy atom. The van der Waals surface area contributed by atoms with Gasteiger partial charge in [-0.15, -0.1) is 0 Å². The lowest BCUT2D eigenvalue weighted by Crippen LogP contribution is -2.32. The fourth-order valence-electron chi connectivity index (χ4n) is 11.4. The summed E-state index contributed by atoms with van der Waals surface area (Å²) < 4.78 is 29.4. The minimum absolute atomic E-state index is 0.142. The van der Waals surface area contributed by atoms with Gasteiger partial charge < -0.3 is 28.9 Å². The maximum atomic E-state index is 12.0. The van der Waals surface area contributed by atoms with Gasteiger partial charge in [0.2, 0.25) is 0 Å². The molecule has 0 spiro atoms. The molecule has 458 valence electrons. The summed E-state index contributed by atoms with van der Waals surface area (Å²) in [5.74, 6) is -0.568. The highest BCUT2D eigenvalue weighted by molar-refractivity contribution is 5.99. The number of nitrogens with one attached hydrogen (secondary N) is 2. The number of carbonyl (C=O) groups excluding carboxylic acids is 4. The third-order valence-corrected chi connectivity index (χ3v) is 15.9. The molecule has 9 rings (SSSR count). The SMILES string of the molecule is CCOC(=O)CCCCC[n+]1ccc(-c2c3nc(c(-c4cc[n+](CCCCCC(=O)OCC)cc4)c4ccc([nH]4)c(-c4cc[n+](CCCCCC(=O)OCC)cc4)c4nc(c(-c5cc[n+](CCCCCC(=O)OCC)cc5)c5ccc2[nH]5)C=C4)C=C3)cc1. The van der Waals surface area contributed by atoms with E-state index in [2.05, 4.69) is 175 Å². The lowest BCUT2D eigenvalue weighted by Gasteiger charge is -2.07. The van der Waals surface area contributed by atoms with Crippen LogP contribution in [0.5, 0.6) is 0 Å². The number of pyridine rings is 4.